The van der Waals surface area contributed by atoms with E-state index in [-0.39, 0.29) is 24.0 Å². The lowest BCUT2D eigenvalue weighted by Crippen LogP contribution is -2.49. The van der Waals surface area contributed by atoms with Crippen LogP contribution < -0.4 is 20.3 Å². The van der Waals surface area contributed by atoms with E-state index in [1.807, 2.05) is 25.1 Å². The second kappa shape index (κ2) is 12.5. The molecule has 0 unspecified atom stereocenters. The second-order valence-corrected chi connectivity index (χ2v) is 6.84. The lowest BCUT2D eigenvalue weighted by atomic mass is 10.1. The van der Waals surface area contributed by atoms with Gasteiger partial charge in [0.1, 0.15) is 18.2 Å². The normalized spacial score (nSPS) is 14.8. The van der Waals surface area contributed by atoms with Crippen LogP contribution in [0.4, 0.5) is 5.82 Å². The van der Waals surface area contributed by atoms with E-state index < -0.39 is 0 Å². The average Bonchev–Trinajstić information content (AvgIpc) is 2.72. The highest BCUT2D eigenvalue weighted by Crippen LogP contribution is 2.18. The summed E-state index contributed by atoms with van der Waals surface area (Å²) in [5.74, 6) is 2.70. The lowest BCUT2D eigenvalue weighted by molar-refractivity contribution is 0.327. The Morgan fingerprint density at radius 1 is 1.24 bits per heavy atom. The fraction of sp³-hybridized carbons (Fsp3) is 0.476. The molecule has 29 heavy (non-hydrogen) atoms. The number of nitrogens with zero attached hydrogens (tertiary/aromatic N) is 4. The molecule has 2 aromatic heterocycles. The van der Waals surface area contributed by atoms with Crippen LogP contribution >= 0.6 is 24.0 Å². The van der Waals surface area contributed by atoms with Crippen molar-refractivity contribution in [2.45, 2.75) is 32.7 Å². The average molecular weight is 510 g/mol. The number of rotatable bonds is 7. The van der Waals surface area contributed by atoms with Gasteiger partial charge in [-0.05, 0) is 51.0 Å². The third kappa shape index (κ3) is 7.68. The molecule has 3 rings (SSSR count). The van der Waals surface area contributed by atoms with Crippen LogP contribution in [-0.2, 0) is 0 Å². The van der Waals surface area contributed by atoms with E-state index in [0.29, 0.717) is 19.2 Å². The molecule has 0 aliphatic carbocycles. The van der Waals surface area contributed by atoms with Gasteiger partial charge in [-0.15, -0.1) is 24.0 Å². The molecule has 8 heteroatoms. The minimum absolute atomic E-state index is 0. The van der Waals surface area contributed by atoms with Gasteiger partial charge in [0.05, 0.1) is 12.7 Å². The van der Waals surface area contributed by atoms with Gasteiger partial charge >= 0.3 is 0 Å². The van der Waals surface area contributed by atoms with Crippen molar-refractivity contribution < 1.29 is 4.74 Å². The topological polar surface area (TPSA) is 74.7 Å². The molecule has 0 aromatic carbocycles. The number of ether oxygens (including phenoxy) is 1. The molecule has 0 radical (unpaired) electrons. The SMILES string of the molecule is CCNC(=NCCOc1cccnc1)NC1CCN(c2cccc(C)n2)CC1.I. The first kappa shape index (κ1) is 23.2. The fourth-order valence-electron chi connectivity index (χ4n) is 3.22. The highest BCUT2D eigenvalue weighted by molar-refractivity contribution is 14.0. The van der Waals surface area contributed by atoms with E-state index >= 15 is 0 Å². The van der Waals surface area contributed by atoms with Crippen LogP contribution in [0.5, 0.6) is 5.75 Å². The van der Waals surface area contributed by atoms with Crippen molar-refractivity contribution in [3.05, 3.63) is 48.4 Å². The standard InChI is InChI=1S/C21H30N6O.HI/c1-3-23-21(24-12-15-28-19-7-5-11-22-16-19)26-18-9-13-27(14-10-18)20-8-4-6-17(2)25-20;/h4-8,11,16,18H,3,9-10,12-15H2,1-2H3,(H2,23,24,26);1H. The number of piperidine rings is 1. The molecule has 2 aromatic rings. The van der Waals surface area contributed by atoms with Gasteiger partial charge in [0.25, 0.3) is 0 Å². The Morgan fingerprint density at radius 3 is 2.76 bits per heavy atom. The number of aliphatic imine (C=N–C) groups is 1. The minimum atomic E-state index is 0. The summed E-state index contributed by atoms with van der Waals surface area (Å²) in [6, 6.07) is 10.4. The van der Waals surface area contributed by atoms with Crippen molar-refractivity contribution >= 4 is 35.8 Å². The Bertz CT molecular complexity index is 750. The van der Waals surface area contributed by atoms with Crippen LogP contribution in [-0.4, -0.2) is 54.8 Å². The summed E-state index contributed by atoms with van der Waals surface area (Å²) in [7, 11) is 0. The van der Waals surface area contributed by atoms with Crippen molar-refractivity contribution in [3.8, 4) is 5.75 Å². The summed E-state index contributed by atoms with van der Waals surface area (Å²) in [6.07, 6.45) is 5.57. The molecule has 1 aliphatic heterocycles. The molecule has 2 N–H and O–H groups in total. The summed E-state index contributed by atoms with van der Waals surface area (Å²) >= 11 is 0. The summed E-state index contributed by atoms with van der Waals surface area (Å²) in [5, 5.41) is 6.89. The van der Waals surface area contributed by atoms with E-state index in [1.54, 1.807) is 12.4 Å². The van der Waals surface area contributed by atoms with E-state index in [1.165, 1.54) is 0 Å². The number of halogens is 1. The van der Waals surface area contributed by atoms with Gasteiger partial charge in [-0.3, -0.25) is 4.98 Å². The lowest BCUT2D eigenvalue weighted by Gasteiger charge is -2.34. The minimum Gasteiger partial charge on any atom is -0.490 e. The molecular weight excluding hydrogens is 479 g/mol. The predicted octanol–water partition coefficient (Wildman–Crippen LogP) is 3.01. The monoisotopic (exact) mass is 510 g/mol. The maximum Gasteiger partial charge on any atom is 0.191 e. The molecular formula is C21H31IN6O. The van der Waals surface area contributed by atoms with E-state index in [9.17, 15) is 0 Å². The van der Waals surface area contributed by atoms with E-state index in [0.717, 1.165) is 55.7 Å². The van der Waals surface area contributed by atoms with Crippen LogP contribution in [0.25, 0.3) is 0 Å². The number of aryl methyl sites for hydroxylation is 1. The first-order valence-electron chi connectivity index (χ1n) is 10.0. The maximum absolute atomic E-state index is 5.66. The van der Waals surface area contributed by atoms with Crippen LogP contribution in [0, 0.1) is 6.92 Å². The number of guanidine groups is 1. The van der Waals surface area contributed by atoms with E-state index in [4.69, 9.17) is 4.74 Å². The maximum atomic E-state index is 5.66. The van der Waals surface area contributed by atoms with Gasteiger partial charge in [0.15, 0.2) is 5.96 Å². The molecule has 158 valence electrons. The van der Waals surface area contributed by atoms with Crippen LogP contribution in [0.15, 0.2) is 47.7 Å². The van der Waals surface area contributed by atoms with Crippen LogP contribution in [0.1, 0.15) is 25.5 Å². The summed E-state index contributed by atoms with van der Waals surface area (Å²) in [5.41, 5.74) is 1.06. The number of aromatic nitrogens is 2. The Balaban J connectivity index is 0.00000300. The molecule has 0 saturated carbocycles. The van der Waals surface area contributed by atoms with Crippen LogP contribution in [0.3, 0.4) is 0 Å². The molecule has 1 aliphatic rings. The zero-order valence-corrected chi connectivity index (χ0v) is 19.5. The van der Waals surface area contributed by atoms with Gasteiger partial charge in [-0.1, -0.05) is 6.07 Å². The van der Waals surface area contributed by atoms with Crippen molar-refractivity contribution in [2.24, 2.45) is 4.99 Å². The Kier molecular flexibility index (Phi) is 9.96. The molecule has 3 heterocycles. The molecule has 7 nitrogen and oxygen atoms in total. The number of anilines is 1. The Labute approximate surface area is 190 Å². The Hall–Kier alpha value is -2.10. The van der Waals surface area contributed by atoms with Gasteiger partial charge in [0.2, 0.25) is 0 Å². The summed E-state index contributed by atoms with van der Waals surface area (Å²) in [6.45, 7) is 8.07. The number of nitrogens with one attached hydrogen (secondary N) is 2. The van der Waals surface area contributed by atoms with Gasteiger partial charge < -0.3 is 20.3 Å². The van der Waals surface area contributed by atoms with Crippen LogP contribution in [0.2, 0.25) is 0 Å². The van der Waals surface area contributed by atoms with Crippen molar-refractivity contribution in [1.29, 1.82) is 0 Å². The third-order valence-electron chi connectivity index (χ3n) is 4.64. The van der Waals surface area contributed by atoms with Gasteiger partial charge in [-0.25, -0.2) is 9.98 Å². The zero-order chi connectivity index (χ0) is 19.6. The summed E-state index contributed by atoms with van der Waals surface area (Å²) < 4.78 is 5.66. The van der Waals surface area contributed by atoms with Crippen molar-refractivity contribution in [3.63, 3.8) is 0 Å². The Morgan fingerprint density at radius 2 is 2.07 bits per heavy atom. The fourth-order valence-corrected chi connectivity index (χ4v) is 3.22. The first-order chi connectivity index (χ1) is 13.7. The largest absolute Gasteiger partial charge is 0.490 e. The first-order valence-corrected chi connectivity index (χ1v) is 10.0. The molecule has 0 amide bonds. The number of hydrogen-bond donors (Lipinski definition) is 2. The molecule has 0 bridgehead atoms. The molecule has 1 fully saturated rings. The van der Waals surface area contributed by atoms with Gasteiger partial charge in [-0.2, -0.15) is 0 Å². The highest BCUT2D eigenvalue weighted by atomic mass is 127. The zero-order valence-electron chi connectivity index (χ0n) is 17.2. The second-order valence-electron chi connectivity index (χ2n) is 6.84. The van der Waals surface area contributed by atoms with Crippen molar-refractivity contribution in [1.82, 2.24) is 20.6 Å². The molecule has 1 saturated heterocycles. The number of pyridine rings is 2. The summed E-state index contributed by atoms with van der Waals surface area (Å²) in [4.78, 5) is 15.7. The smallest absolute Gasteiger partial charge is 0.191 e. The van der Waals surface area contributed by atoms with Gasteiger partial charge in [0, 0.05) is 37.6 Å². The van der Waals surface area contributed by atoms with E-state index in [2.05, 4.69) is 49.6 Å². The molecule has 0 spiro atoms. The number of hydrogen-bond acceptors (Lipinski definition) is 5. The molecule has 0 atom stereocenters. The quantitative estimate of drug-likeness (QED) is 0.258. The predicted molar refractivity (Wildman–Crippen MR) is 128 cm³/mol. The van der Waals surface area contributed by atoms with Crippen molar-refractivity contribution in [2.75, 3.05) is 37.7 Å². The highest BCUT2D eigenvalue weighted by Gasteiger charge is 2.20. The third-order valence-corrected chi connectivity index (χ3v) is 4.64.